The molecule has 0 amide bonds. The van der Waals surface area contributed by atoms with Gasteiger partial charge in [-0.15, -0.1) is 0 Å². The maximum Gasteiger partial charge on any atom is 0.0462 e. The molecule has 0 radical (unpaired) electrons. The Hall–Kier alpha value is -0.120. The van der Waals surface area contributed by atoms with Gasteiger partial charge in [-0.3, -0.25) is 4.90 Å². The Bertz CT molecular complexity index is 211. The Balaban J connectivity index is 2.53. The quantitative estimate of drug-likeness (QED) is 0.645. The normalized spacial score (nSPS) is 19.3. The first-order chi connectivity index (χ1) is 8.71. The second-order valence-electron chi connectivity index (χ2n) is 5.60. The fourth-order valence-electron chi connectivity index (χ4n) is 3.50. The lowest BCUT2D eigenvalue weighted by atomic mass is 9.81. The lowest BCUT2D eigenvalue weighted by molar-refractivity contribution is 0.0717. The SMILES string of the molecule is CCC(CC)(C(N)CCCCOC)N1CCCC1. The Kier molecular flexibility index (Phi) is 7.20. The molecule has 1 rings (SSSR count). The Morgan fingerprint density at radius 1 is 1.17 bits per heavy atom. The van der Waals surface area contributed by atoms with Crippen LogP contribution < -0.4 is 5.73 Å². The van der Waals surface area contributed by atoms with E-state index in [0.29, 0.717) is 6.04 Å². The van der Waals surface area contributed by atoms with Gasteiger partial charge < -0.3 is 10.5 Å². The van der Waals surface area contributed by atoms with E-state index in [-0.39, 0.29) is 5.54 Å². The van der Waals surface area contributed by atoms with Crippen LogP contribution >= 0.6 is 0 Å². The highest BCUT2D eigenvalue weighted by Gasteiger charge is 2.39. The number of hydrogen-bond donors (Lipinski definition) is 1. The van der Waals surface area contributed by atoms with Gasteiger partial charge in [0.2, 0.25) is 0 Å². The summed E-state index contributed by atoms with van der Waals surface area (Å²) in [6, 6.07) is 0.308. The second kappa shape index (κ2) is 8.13. The molecule has 0 saturated carbocycles. The van der Waals surface area contributed by atoms with Crippen molar-refractivity contribution >= 4 is 0 Å². The molecule has 3 heteroatoms. The van der Waals surface area contributed by atoms with Crippen molar-refractivity contribution in [2.24, 2.45) is 5.73 Å². The van der Waals surface area contributed by atoms with E-state index < -0.39 is 0 Å². The number of likely N-dealkylation sites (tertiary alicyclic amines) is 1. The topological polar surface area (TPSA) is 38.5 Å². The lowest BCUT2D eigenvalue weighted by Crippen LogP contribution is -2.58. The van der Waals surface area contributed by atoms with Crippen LogP contribution in [0, 0.1) is 0 Å². The summed E-state index contributed by atoms with van der Waals surface area (Å²) in [6.07, 6.45) is 8.49. The number of ether oxygens (including phenoxy) is 1. The van der Waals surface area contributed by atoms with Gasteiger partial charge in [-0.25, -0.2) is 0 Å². The summed E-state index contributed by atoms with van der Waals surface area (Å²) in [5, 5.41) is 0. The van der Waals surface area contributed by atoms with Crippen LogP contribution in [0.25, 0.3) is 0 Å². The predicted octanol–water partition coefficient (Wildman–Crippen LogP) is 2.79. The minimum atomic E-state index is 0.240. The van der Waals surface area contributed by atoms with E-state index in [1.54, 1.807) is 7.11 Å². The Morgan fingerprint density at radius 3 is 2.28 bits per heavy atom. The molecule has 0 aliphatic carbocycles. The summed E-state index contributed by atoms with van der Waals surface area (Å²) in [5.41, 5.74) is 6.79. The number of unbranched alkanes of at least 4 members (excludes halogenated alkanes) is 1. The highest BCUT2D eigenvalue weighted by Crippen LogP contribution is 2.32. The molecule has 1 saturated heterocycles. The Morgan fingerprint density at radius 2 is 1.78 bits per heavy atom. The van der Waals surface area contributed by atoms with E-state index in [2.05, 4.69) is 18.7 Å². The van der Waals surface area contributed by atoms with Crippen molar-refractivity contribution in [3.63, 3.8) is 0 Å². The van der Waals surface area contributed by atoms with Crippen LogP contribution in [0.4, 0.5) is 0 Å². The van der Waals surface area contributed by atoms with Crippen molar-refractivity contribution in [3.8, 4) is 0 Å². The Labute approximate surface area is 113 Å². The number of methoxy groups -OCH3 is 1. The average Bonchev–Trinajstić information content (AvgIpc) is 2.91. The van der Waals surface area contributed by atoms with Gasteiger partial charge in [-0.1, -0.05) is 13.8 Å². The number of nitrogens with zero attached hydrogens (tertiary/aromatic N) is 1. The molecule has 18 heavy (non-hydrogen) atoms. The van der Waals surface area contributed by atoms with Crippen molar-refractivity contribution < 1.29 is 4.74 Å². The van der Waals surface area contributed by atoms with Crippen molar-refractivity contribution in [3.05, 3.63) is 0 Å². The molecule has 1 atom stereocenters. The maximum atomic E-state index is 6.55. The van der Waals surface area contributed by atoms with Crippen LogP contribution in [-0.2, 0) is 4.74 Å². The summed E-state index contributed by atoms with van der Waals surface area (Å²) in [4.78, 5) is 2.66. The molecule has 108 valence electrons. The highest BCUT2D eigenvalue weighted by atomic mass is 16.5. The van der Waals surface area contributed by atoms with Gasteiger partial charge in [-0.2, -0.15) is 0 Å². The molecule has 3 nitrogen and oxygen atoms in total. The van der Waals surface area contributed by atoms with Gasteiger partial charge >= 0.3 is 0 Å². The minimum absolute atomic E-state index is 0.240. The summed E-state index contributed by atoms with van der Waals surface area (Å²) in [7, 11) is 1.77. The standard InChI is InChI=1S/C15H32N2O/c1-4-15(5-2,17-11-7-8-12-17)14(16)10-6-9-13-18-3/h14H,4-13,16H2,1-3H3. The smallest absolute Gasteiger partial charge is 0.0462 e. The van der Waals surface area contributed by atoms with Crippen LogP contribution in [0.3, 0.4) is 0 Å². The minimum Gasteiger partial charge on any atom is -0.385 e. The largest absolute Gasteiger partial charge is 0.385 e. The van der Waals surface area contributed by atoms with E-state index in [1.165, 1.54) is 45.2 Å². The van der Waals surface area contributed by atoms with Gasteiger partial charge in [0.1, 0.15) is 0 Å². The summed E-state index contributed by atoms with van der Waals surface area (Å²) < 4.78 is 5.11. The van der Waals surface area contributed by atoms with Crippen LogP contribution in [0.1, 0.15) is 58.8 Å². The fraction of sp³-hybridized carbons (Fsp3) is 1.00. The van der Waals surface area contributed by atoms with Crippen LogP contribution in [-0.4, -0.2) is 43.3 Å². The second-order valence-corrected chi connectivity index (χ2v) is 5.60. The third kappa shape index (κ3) is 3.69. The van der Waals surface area contributed by atoms with Gasteiger partial charge in [-0.05, 0) is 58.0 Å². The summed E-state index contributed by atoms with van der Waals surface area (Å²) in [6.45, 7) is 7.95. The monoisotopic (exact) mass is 256 g/mol. The van der Waals surface area contributed by atoms with Gasteiger partial charge in [0, 0.05) is 25.3 Å². The number of nitrogens with two attached hydrogens (primary N) is 1. The zero-order valence-corrected chi connectivity index (χ0v) is 12.6. The number of hydrogen-bond acceptors (Lipinski definition) is 3. The van der Waals surface area contributed by atoms with E-state index in [4.69, 9.17) is 10.5 Å². The first kappa shape index (κ1) is 15.9. The number of rotatable bonds is 9. The maximum absolute atomic E-state index is 6.55. The molecule has 1 unspecified atom stereocenters. The van der Waals surface area contributed by atoms with Crippen LogP contribution in [0.2, 0.25) is 0 Å². The van der Waals surface area contributed by atoms with Gasteiger partial charge in [0.05, 0.1) is 0 Å². The molecule has 0 aromatic heterocycles. The van der Waals surface area contributed by atoms with E-state index in [9.17, 15) is 0 Å². The summed E-state index contributed by atoms with van der Waals surface area (Å²) in [5.74, 6) is 0. The molecule has 1 aliphatic heterocycles. The first-order valence-corrected chi connectivity index (χ1v) is 7.70. The fourth-order valence-corrected chi connectivity index (χ4v) is 3.50. The first-order valence-electron chi connectivity index (χ1n) is 7.70. The van der Waals surface area contributed by atoms with Gasteiger partial charge in [0.15, 0.2) is 0 Å². The average molecular weight is 256 g/mol. The molecule has 0 aromatic rings. The zero-order valence-electron chi connectivity index (χ0n) is 12.6. The van der Waals surface area contributed by atoms with Crippen LogP contribution in [0.5, 0.6) is 0 Å². The van der Waals surface area contributed by atoms with E-state index >= 15 is 0 Å². The molecule has 0 aromatic carbocycles. The molecule has 1 fully saturated rings. The zero-order chi connectivity index (χ0) is 13.4. The van der Waals surface area contributed by atoms with Crippen molar-refractivity contribution in [1.29, 1.82) is 0 Å². The van der Waals surface area contributed by atoms with E-state index in [0.717, 1.165) is 19.4 Å². The van der Waals surface area contributed by atoms with Crippen LogP contribution in [0.15, 0.2) is 0 Å². The molecule has 0 bridgehead atoms. The van der Waals surface area contributed by atoms with Crippen molar-refractivity contribution in [1.82, 2.24) is 4.90 Å². The molecule has 0 spiro atoms. The van der Waals surface area contributed by atoms with Crippen molar-refractivity contribution in [2.75, 3.05) is 26.8 Å². The molecule has 1 aliphatic rings. The molecular weight excluding hydrogens is 224 g/mol. The molecule has 1 heterocycles. The van der Waals surface area contributed by atoms with Gasteiger partial charge in [0.25, 0.3) is 0 Å². The summed E-state index contributed by atoms with van der Waals surface area (Å²) >= 11 is 0. The third-order valence-electron chi connectivity index (χ3n) is 4.76. The highest BCUT2D eigenvalue weighted by molar-refractivity contribution is 4.98. The molecular formula is C15H32N2O. The van der Waals surface area contributed by atoms with Crippen molar-refractivity contribution in [2.45, 2.75) is 70.4 Å². The third-order valence-corrected chi connectivity index (χ3v) is 4.76. The lowest BCUT2D eigenvalue weighted by Gasteiger charge is -2.45. The predicted molar refractivity (Wildman–Crippen MR) is 77.8 cm³/mol. The van der Waals surface area contributed by atoms with E-state index in [1.807, 2.05) is 0 Å². The molecule has 2 N–H and O–H groups in total.